The van der Waals surface area contributed by atoms with E-state index in [9.17, 15) is 18.3 Å². The molecule has 120 valence electrons. The lowest BCUT2D eigenvalue weighted by Gasteiger charge is -2.39. The van der Waals surface area contributed by atoms with Crippen molar-refractivity contribution in [3.63, 3.8) is 0 Å². The van der Waals surface area contributed by atoms with Gasteiger partial charge in [0.25, 0.3) is 5.91 Å². The van der Waals surface area contributed by atoms with Crippen LogP contribution in [0, 0.1) is 5.41 Å². The second kappa shape index (κ2) is 5.42. The minimum atomic E-state index is -2.99. The van der Waals surface area contributed by atoms with Crippen LogP contribution < -0.4 is 0 Å². The van der Waals surface area contributed by atoms with Gasteiger partial charge in [-0.1, -0.05) is 11.6 Å². The first-order valence-electron chi connectivity index (χ1n) is 7.29. The Bertz CT molecular complexity index is 718. The molecule has 1 atom stereocenters. The third kappa shape index (κ3) is 2.94. The van der Waals surface area contributed by atoms with Crippen molar-refractivity contribution in [2.24, 2.45) is 5.41 Å². The lowest BCUT2D eigenvalue weighted by atomic mass is 9.79. The maximum Gasteiger partial charge on any atom is 0.255 e. The highest BCUT2D eigenvalue weighted by Gasteiger charge is 2.45. The average molecular weight is 344 g/mol. The zero-order valence-corrected chi connectivity index (χ0v) is 13.7. The lowest BCUT2D eigenvalue weighted by molar-refractivity contribution is 0.0564. The average Bonchev–Trinajstić information content (AvgIpc) is 2.75. The summed E-state index contributed by atoms with van der Waals surface area (Å²) in [5.74, 6) is 0.117. The smallest absolute Gasteiger partial charge is 0.255 e. The minimum Gasteiger partial charge on any atom is -0.508 e. The topological polar surface area (TPSA) is 74.7 Å². The number of sulfone groups is 1. The monoisotopic (exact) mass is 343 g/mol. The molecule has 0 radical (unpaired) electrons. The molecule has 0 aromatic heterocycles. The third-order valence-electron chi connectivity index (χ3n) is 4.60. The summed E-state index contributed by atoms with van der Waals surface area (Å²) in [6.07, 6.45) is 2.24. The zero-order chi connectivity index (χ0) is 16.0. The van der Waals surface area contributed by atoms with Gasteiger partial charge < -0.3 is 10.0 Å². The van der Waals surface area contributed by atoms with E-state index in [1.54, 1.807) is 4.90 Å². The molecule has 22 heavy (non-hydrogen) atoms. The molecule has 1 amide bonds. The van der Waals surface area contributed by atoms with E-state index in [1.165, 1.54) is 18.2 Å². The van der Waals surface area contributed by atoms with Crippen LogP contribution in [0.1, 0.15) is 29.6 Å². The number of hydrogen-bond acceptors (Lipinski definition) is 4. The maximum absolute atomic E-state index is 12.7. The van der Waals surface area contributed by atoms with Gasteiger partial charge in [-0.25, -0.2) is 8.42 Å². The molecule has 2 aliphatic rings. The van der Waals surface area contributed by atoms with Crippen molar-refractivity contribution in [1.82, 2.24) is 4.90 Å². The number of nitrogens with zero attached hydrogens (tertiary/aromatic N) is 1. The maximum atomic E-state index is 12.7. The van der Waals surface area contributed by atoms with E-state index < -0.39 is 9.84 Å². The van der Waals surface area contributed by atoms with Gasteiger partial charge in [-0.3, -0.25) is 4.79 Å². The summed E-state index contributed by atoms with van der Waals surface area (Å²) in [4.78, 5) is 14.3. The Morgan fingerprint density at radius 1 is 1.32 bits per heavy atom. The molecule has 0 aliphatic carbocycles. The Balaban J connectivity index is 1.83. The first-order chi connectivity index (χ1) is 10.3. The minimum absolute atomic E-state index is 0.0112. The van der Waals surface area contributed by atoms with Gasteiger partial charge in [0.05, 0.1) is 22.1 Å². The van der Waals surface area contributed by atoms with Crippen molar-refractivity contribution < 1.29 is 18.3 Å². The fourth-order valence-electron chi connectivity index (χ4n) is 3.53. The van der Waals surface area contributed by atoms with Crippen molar-refractivity contribution in [2.45, 2.75) is 19.3 Å². The van der Waals surface area contributed by atoms with Crippen LogP contribution >= 0.6 is 11.6 Å². The van der Waals surface area contributed by atoms with Gasteiger partial charge in [-0.05, 0) is 37.5 Å². The number of likely N-dealkylation sites (tertiary alicyclic amines) is 1. The number of rotatable bonds is 1. The SMILES string of the molecule is O=C(c1cc(O)ccc1Cl)N1CCCC2(CCS(=O)(=O)C2)C1. The molecule has 7 heteroatoms. The molecule has 1 aromatic rings. The standard InChI is InChI=1S/C15H18ClNO4S/c16-13-3-2-11(18)8-12(13)14(19)17-6-1-4-15(9-17)5-7-22(20,21)10-15/h2-3,8,18H,1,4-7,9-10H2. The molecule has 2 heterocycles. The Morgan fingerprint density at radius 2 is 2.09 bits per heavy atom. The molecule has 2 saturated heterocycles. The van der Waals surface area contributed by atoms with Gasteiger partial charge in [-0.2, -0.15) is 0 Å². The van der Waals surface area contributed by atoms with Crippen LogP contribution in [-0.2, 0) is 9.84 Å². The summed E-state index contributed by atoms with van der Waals surface area (Å²) < 4.78 is 23.6. The van der Waals surface area contributed by atoms with E-state index in [0.717, 1.165) is 12.8 Å². The summed E-state index contributed by atoms with van der Waals surface area (Å²) in [5.41, 5.74) is -0.0460. The summed E-state index contributed by atoms with van der Waals surface area (Å²) in [5, 5.41) is 9.84. The van der Waals surface area contributed by atoms with Crippen LogP contribution in [0.4, 0.5) is 0 Å². The summed E-state index contributed by atoms with van der Waals surface area (Å²) in [6, 6.07) is 4.28. The molecule has 5 nitrogen and oxygen atoms in total. The third-order valence-corrected chi connectivity index (χ3v) is 6.81. The fraction of sp³-hybridized carbons (Fsp3) is 0.533. The quantitative estimate of drug-likeness (QED) is 0.847. The Labute approximate surface area is 134 Å². The number of halogens is 1. The molecule has 1 N–H and O–H groups in total. The highest BCUT2D eigenvalue weighted by atomic mass is 35.5. The van der Waals surface area contributed by atoms with Gasteiger partial charge in [0.15, 0.2) is 9.84 Å². The van der Waals surface area contributed by atoms with Gasteiger partial charge in [0.2, 0.25) is 0 Å². The van der Waals surface area contributed by atoms with E-state index in [-0.39, 0.29) is 34.1 Å². The normalized spacial score (nSPS) is 27.2. The molecular weight excluding hydrogens is 326 g/mol. The van der Waals surface area contributed by atoms with Crippen molar-refractivity contribution in [2.75, 3.05) is 24.6 Å². The van der Waals surface area contributed by atoms with Crippen LogP contribution in [0.2, 0.25) is 5.02 Å². The van der Waals surface area contributed by atoms with Crippen molar-refractivity contribution in [1.29, 1.82) is 0 Å². The molecule has 3 rings (SSSR count). The molecule has 0 bridgehead atoms. The lowest BCUT2D eigenvalue weighted by Crippen LogP contribution is -2.46. The number of phenols is 1. The highest BCUT2D eigenvalue weighted by Crippen LogP contribution is 2.40. The number of carbonyl (C=O) groups is 1. The highest BCUT2D eigenvalue weighted by molar-refractivity contribution is 7.91. The fourth-order valence-corrected chi connectivity index (χ4v) is 5.93. The van der Waals surface area contributed by atoms with Crippen molar-refractivity contribution in [3.8, 4) is 5.75 Å². The van der Waals surface area contributed by atoms with Gasteiger partial charge >= 0.3 is 0 Å². The molecule has 1 aromatic carbocycles. The number of benzene rings is 1. The Morgan fingerprint density at radius 3 is 2.77 bits per heavy atom. The molecule has 0 saturated carbocycles. The number of phenolic OH excluding ortho intramolecular Hbond substituents is 1. The summed E-state index contributed by atoms with van der Waals surface area (Å²) >= 11 is 6.05. The van der Waals surface area contributed by atoms with E-state index in [0.29, 0.717) is 24.5 Å². The van der Waals surface area contributed by atoms with E-state index in [4.69, 9.17) is 11.6 Å². The largest absolute Gasteiger partial charge is 0.508 e. The Hall–Kier alpha value is -1.27. The molecular formula is C15H18ClNO4S. The van der Waals surface area contributed by atoms with Crippen molar-refractivity contribution in [3.05, 3.63) is 28.8 Å². The number of hydrogen-bond donors (Lipinski definition) is 1. The molecule has 2 aliphatic heterocycles. The molecule has 1 spiro atoms. The summed E-state index contributed by atoms with van der Waals surface area (Å²) in [6.45, 7) is 1.03. The van der Waals surface area contributed by atoms with Gasteiger partial charge in [0.1, 0.15) is 5.75 Å². The summed E-state index contributed by atoms with van der Waals surface area (Å²) in [7, 11) is -2.99. The number of aromatic hydroxyl groups is 1. The molecule has 2 fully saturated rings. The Kier molecular flexibility index (Phi) is 3.85. The first kappa shape index (κ1) is 15.6. The number of carbonyl (C=O) groups excluding carboxylic acids is 1. The number of piperidine rings is 1. The zero-order valence-electron chi connectivity index (χ0n) is 12.1. The first-order valence-corrected chi connectivity index (χ1v) is 9.49. The van der Waals surface area contributed by atoms with Gasteiger partial charge in [0, 0.05) is 18.5 Å². The van der Waals surface area contributed by atoms with Crippen molar-refractivity contribution >= 4 is 27.3 Å². The predicted octanol–water partition coefficient (Wildman–Crippen LogP) is 2.09. The number of amides is 1. The second-order valence-corrected chi connectivity index (χ2v) is 8.93. The van der Waals surface area contributed by atoms with Crippen LogP contribution in [0.15, 0.2) is 18.2 Å². The molecule has 1 unspecified atom stereocenters. The van der Waals surface area contributed by atoms with E-state index in [1.807, 2.05) is 0 Å². The van der Waals surface area contributed by atoms with E-state index >= 15 is 0 Å². The van der Waals surface area contributed by atoms with Crippen LogP contribution in [0.3, 0.4) is 0 Å². The van der Waals surface area contributed by atoms with Gasteiger partial charge in [-0.15, -0.1) is 0 Å². The van der Waals surface area contributed by atoms with Crippen LogP contribution in [0.5, 0.6) is 5.75 Å². The predicted molar refractivity (Wildman–Crippen MR) is 84.0 cm³/mol. The van der Waals surface area contributed by atoms with Crippen LogP contribution in [-0.4, -0.2) is 48.9 Å². The second-order valence-electron chi connectivity index (χ2n) is 6.34. The van der Waals surface area contributed by atoms with Crippen LogP contribution in [0.25, 0.3) is 0 Å². The van der Waals surface area contributed by atoms with E-state index in [2.05, 4.69) is 0 Å².